The summed E-state index contributed by atoms with van der Waals surface area (Å²) in [7, 11) is 1.50. The van der Waals surface area contributed by atoms with Gasteiger partial charge < -0.3 is 19.9 Å². The molecular formula is C17H24N6O4. The third kappa shape index (κ3) is 3.52. The molecule has 0 saturated carbocycles. The van der Waals surface area contributed by atoms with Gasteiger partial charge in [0.25, 0.3) is 5.56 Å². The van der Waals surface area contributed by atoms with Gasteiger partial charge in [0.1, 0.15) is 6.54 Å². The van der Waals surface area contributed by atoms with Crippen LogP contribution in [0.25, 0.3) is 11.2 Å². The molecule has 0 aliphatic carbocycles. The molecule has 27 heavy (non-hydrogen) atoms. The molecule has 10 heteroatoms. The summed E-state index contributed by atoms with van der Waals surface area (Å²) in [6, 6.07) is 0. The topological polar surface area (TPSA) is 114 Å². The molecule has 1 saturated heterocycles. The zero-order valence-corrected chi connectivity index (χ0v) is 15.7. The van der Waals surface area contributed by atoms with E-state index in [0.29, 0.717) is 12.5 Å². The fourth-order valence-electron chi connectivity index (χ4n) is 3.19. The molecule has 0 unspecified atom stereocenters. The minimum atomic E-state index is -1.24. The van der Waals surface area contributed by atoms with Crippen LogP contribution in [-0.4, -0.2) is 55.9 Å². The highest BCUT2D eigenvalue weighted by Gasteiger charge is 2.24. The predicted octanol–water partition coefficient (Wildman–Crippen LogP) is -0.643. The molecular weight excluding hydrogens is 352 g/mol. The number of carboxylic acid groups (broad SMARTS) is 1. The third-order valence-electron chi connectivity index (χ3n) is 4.59. The van der Waals surface area contributed by atoms with Crippen LogP contribution in [0.5, 0.6) is 0 Å². The molecule has 0 amide bonds. The first-order valence-electron chi connectivity index (χ1n) is 8.82. The summed E-state index contributed by atoms with van der Waals surface area (Å²) in [6.07, 6.45) is 1.97. The number of carbonyl (C=O) groups is 1. The average Bonchev–Trinajstić information content (AvgIpc) is 3.02. The van der Waals surface area contributed by atoms with Crippen molar-refractivity contribution in [2.45, 2.75) is 26.9 Å². The van der Waals surface area contributed by atoms with Crippen molar-refractivity contribution in [2.24, 2.45) is 7.05 Å². The van der Waals surface area contributed by atoms with Crippen molar-refractivity contribution in [1.29, 1.82) is 0 Å². The Morgan fingerprint density at radius 1 is 1.22 bits per heavy atom. The molecule has 3 rings (SSSR count). The van der Waals surface area contributed by atoms with Crippen molar-refractivity contribution in [3.63, 3.8) is 0 Å². The number of hydrogen-bond donors (Lipinski definition) is 2. The van der Waals surface area contributed by atoms with Crippen LogP contribution < -0.4 is 21.5 Å². The quantitative estimate of drug-likeness (QED) is 0.667. The maximum atomic E-state index is 13.0. The summed E-state index contributed by atoms with van der Waals surface area (Å²) in [5.41, 5.74) is 0.269. The van der Waals surface area contributed by atoms with Gasteiger partial charge >= 0.3 is 11.7 Å². The second-order valence-electron chi connectivity index (χ2n) is 6.84. The Bertz CT molecular complexity index is 1020. The number of rotatable bonds is 5. The van der Waals surface area contributed by atoms with Crippen molar-refractivity contribution in [2.75, 3.05) is 31.1 Å². The number of nitrogens with one attached hydrogen (secondary N) is 1. The van der Waals surface area contributed by atoms with Crippen LogP contribution in [0, 0.1) is 0 Å². The van der Waals surface area contributed by atoms with E-state index in [1.807, 2.05) is 19.9 Å². The summed E-state index contributed by atoms with van der Waals surface area (Å²) in [6.45, 7) is 6.72. The Morgan fingerprint density at radius 3 is 2.48 bits per heavy atom. The monoisotopic (exact) mass is 376 g/mol. The average molecular weight is 376 g/mol. The minimum Gasteiger partial charge on any atom is -0.480 e. The number of allylic oxidation sites excluding steroid dienone is 2. The Kier molecular flexibility index (Phi) is 5.17. The number of hydrogen-bond acceptors (Lipinski definition) is 6. The number of fused-ring (bicyclic) bond motifs is 1. The van der Waals surface area contributed by atoms with E-state index < -0.39 is 23.8 Å². The van der Waals surface area contributed by atoms with Gasteiger partial charge in [-0.2, -0.15) is 4.98 Å². The van der Waals surface area contributed by atoms with E-state index in [2.05, 4.69) is 15.2 Å². The minimum absolute atomic E-state index is 0.240. The Hall–Kier alpha value is -2.88. The summed E-state index contributed by atoms with van der Waals surface area (Å²) >= 11 is 0. The predicted molar refractivity (Wildman–Crippen MR) is 101 cm³/mol. The number of aliphatic carboxylic acids is 1. The van der Waals surface area contributed by atoms with Crippen LogP contribution in [0.15, 0.2) is 21.2 Å². The highest BCUT2D eigenvalue weighted by Crippen LogP contribution is 2.20. The molecule has 0 radical (unpaired) electrons. The number of aromatic nitrogens is 4. The molecule has 0 spiro atoms. The van der Waals surface area contributed by atoms with E-state index in [-0.39, 0.29) is 11.2 Å². The third-order valence-corrected chi connectivity index (χ3v) is 4.59. The second-order valence-corrected chi connectivity index (χ2v) is 6.84. The van der Waals surface area contributed by atoms with Gasteiger partial charge in [0, 0.05) is 39.8 Å². The summed E-state index contributed by atoms with van der Waals surface area (Å²) in [4.78, 5) is 43.2. The lowest BCUT2D eigenvalue weighted by molar-refractivity contribution is -0.137. The maximum absolute atomic E-state index is 13.0. The van der Waals surface area contributed by atoms with Gasteiger partial charge in [-0.1, -0.05) is 11.6 Å². The number of aryl methyl sites for hydroxylation is 1. The SMILES string of the molecule is CC(C)=CCn1c(N2CCNCC2)nc2c1c(=O)n(CC(=O)O)c(=O)n2C. The van der Waals surface area contributed by atoms with Crippen LogP contribution in [0.3, 0.4) is 0 Å². The first-order valence-corrected chi connectivity index (χ1v) is 8.82. The van der Waals surface area contributed by atoms with Gasteiger partial charge in [-0.15, -0.1) is 0 Å². The van der Waals surface area contributed by atoms with E-state index in [0.717, 1.165) is 36.3 Å². The normalized spacial score (nSPS) is 14.6. The van der Waals surface area contributed by atoms with Gasteiger partial charge in [-0.25, -0.2) is 9.36 Å². The summed E-state index contributed by atoms with van der Waals surface area (Å²) in [5, 5.41) is 12.4. The molecule has 2 aromatic rings. The number of nitrogens with zero attached hydrogens (tertiary/aromatic N) is 5. The van der Waals surface area contributed by atoms with E-state index in [1.165, 1.54) is 11.6 Å². The number of piperazine rings is 1. The molecule has 3 heterocycles. The number of carboxylic acids is 1. The van der Waals surface area contributed by atoms with Crippen LogP contribution >= 0.6 is 0 Å². The molecule has 1 fully saturated rings. The Balaban J connectivity index is 2.31. The van der Waals surface area contributed by atoms with Crippen molar-refractivity contribution in [3.05, 3.63) is 32.5 Å². The van der Waals surface area contributed by atoms with Gasteiger partial charge in [0.05, 0.1) is 0 Å². The van der Waals surface area contributed by atoms with E-state index in [1.54, 1.807) is 4.57 Å². The first kappa shape index (κ1) is 18.9. The van der Waals surface area contributed by atoms with Crippen LogP contribution in [0.2, 0.25) is 0 Å². The molecule has 146 valence electrons. The lowest BCUT2D eigenvalue weighted by Gasteiger charge is -2.28. The standard InChI is InChI=1S/C17H24N6O4/c1-11(2)4-7-22-13-14(19-16(22)21-8-5-18-6-9-21)20(3)17(27)23(15(13)26)10-12(24)25/h4,18H,5-10H2,1-3H3,(H,24,25). The Labute approximate surface area is 155 Å². The Morgan fingerprint density at radius 2 is 1.89 bits per heavy atom. The highest BCUT2D eigenvalue weighted by atomic mass is 16.4. The number of anilines is 1. The fourth-order valence-corrected chi connectivity index (χ4v) is 3.19. The zero-order chi connectivity index (χ0) is 19.7. The fraction of sp³-hybridized carbons (Fsp3) is 0.529. The van der Waals surface area contributed by atoms with Crippen LogP contribution in [0.1, 0.15) is 13.8 Å². The van der Waals surface area contributed by atoms with Crippen molar-refractivity contribution in [1.82, 2.24) is 24.0 Å². The highest BCUT2D eigenvalue weighted by molar-refractivity contribution is 5.75. The van der Waals surface area contributed by atoms with Crippen molar-refractivity contribution < 1.29 is 9.90 Å². The van der Waals surface area contributed by atoms with Gasteiger partial charge in [-0.3, -0.25) is 14.2 Å². The molecule has 1 aliphatic rings. The lowest BCUT2D eigenvalue weighted by Crippen LogP contribution is -2.44. The van der Waals surface area contributed by atoms with Crippen LogP contribution in [-0.2, 0) is 24.9 Å². The molecule has 1 aliphatic heterocycles. The number of imidazole rings is 1. The zero-order valence-electron chi connectivity index (χ0n) is 15.7. The molecule has 0 bridgehead atoms. The maximum Gasteiger partial charge on any atom is 0.333 e. The van der Waals surface area contributed by atoms with E-state index in [9.17, 15) is 14.4 Å². The van der Waals surface area contributed by atoms with E-state index in [4.69, 9.17) is 5.11 Å². The molecule has 10 nitrogen and oxygen atoms in total. The molecule has 2 aromatic heterocycles. The molecule has 0 aromatic carbocycles. The smallest absolute Gasteiger partial charge is 0.333 e. The van der Waals surface area contributed by atoms with Crippen LogP contribution in [0.4, 0.5) is 5.95 Å². The van der Waals surface area contributed by atoms with Crippen molar-refractivity contribution in [3.8, 4) is 0 Å². The van der Waals surface area contributed by atoms with E-state index >= 15 is 0 Å². The largest absolute Gasteiger partial charge is 0.480 e. The van der Waals surface area contributed by atoms with Crippen molar-refractivity contribution >= 4 is 23.1 Å². The molecule has 0 atom stereocenters. The van der Waals surface area contributed by atoms with Gasteiger partial charge in [0.2, 0.25) is 5.95 Å². The summed E-state index contributed by atoms with van der Waals surface area (Å²) in [5.74, 6) is -0.629. The van der Waals surface area contributed by atoms with Gasteiger partial charge in [0.15, 0.2) is 11.2 Å². The second kappa shape index (κ2) is 7.39. The first-order chi connectivity index (χ1) is 12.8. The van der Waals surface area contributed by atoms with Gasteiger partial charge in [-0.05, 0) is 13.8 Å². The summed E-state index contributed by atoms with van der Waals surface area (Å²) < 4.78 is 3.76. The molecule has 2 N–H and O–H groups in total. The lowest BCUT2D eigenvalue weighted by atomic mass is 10.3.